The lowest BCUT2D eigenvalue weighted by atomic mass is 10.2. The average molecular weight is 304 g/mol. The fraction of sp³-hybridized carbons (Fsp3) is 0.176. The molecule has 0 aliphatic heterocycles. The molecule has 0 bridgehead atoms. The summed E-state index contributed by atoms with van der Waals surface area (Å²) in [4.78, 5) is 7.62. The van der Waals surface area contributed by atoms with Crippen LogP contribution >= 0.6 is 0 Å². The van der Waals surface area contributed by atoms with Gasteiger partial charge in [0.2, 0.25) is 5.83 Å². The second-order valence-corrected chi connectivity index (χ2v) is 4.67. The molecule has 5 heteroatoms. The maximum absolute atomic E-state index is 14.0. The van der Waals surface area contributed by atoms with E-state index < -0.39 is 17.5 Å². The summed E-state index contributed by atoms with van der Waals surface area (Å²) in [6.07, 6.45) is 8.58. The van der Waals surface area contributed by atoms with Crippen LogP contribution in [0.1, 0.15) is 36.7 Å². The van der Waals surface area contributed by atoms with Crippen LogP contribution in [0.15, 0.2) is 42.7 Å². The van der Waals surface area contributed by atoms with Gasteiger partial charge in [0, 0.05) is 23.5 Å². The summed E-state index contributed by atoms with van der Waals surface area (Å²) < 4.78 is 40.8. The first-order valence-corrected chi connectivity index (χ1v) is 6.92. The van der Waals surface area contributed by atoms with Gasteiger partial charge in [-0.1, -0.05) is 25.5 Å². The van der Waals surface area contributed by atoms with Crippen LogP contribution in [0.3, 0.4) is 0 Å². The maximum atomic E-state index is 14.0. The zero-order valence-electron chi connectivity index (χ0n) is 12.1. The highest BCUT2D eigenvalue weighted by molar-refractivity contribution is 5.80. The number of nitrogens with zero attached hydrogens (tertiary/aromatic N) is 2. The molecule has 114 valence electrons. The van der Waals surface area contributed by atoms with Crippen molar-refractivity contribution in [1.82, 2.24) is 9.97 Å². The molecule has 0 spiro atoms. The Balaban J connectivity index is 2.22. The molecular formula is C17H15F3N2. The van der Waals surface area contributed by atoms with E-state index >= 15 is 0 Å². The van der Waals surface area contributed by atoms with Crippen molar-refractivity contribution in [2.45, 2.75) is 19.8 Å². The molecule has 0 fully saturated rings. The van der Waals surface area contributed by atoms with E-state index in [1.807, 2.05) is 12.2 Å². The number of hydrogen-bond donors (Lipinski definition) is 0. The van der Waals surface area contributed by atoms with Gasteiger partial charge in [-0.3, -0.25) is 0 Å². The Labute approximate surface area is 127 Å². The van der Waals surface area contributed by atoms with Gasteiger partial charge in [-0.05, 0) is 30.7 Å². The largest absolute Gasteiger partial charge is 0.234 e. The minimum atomic E-state index is -1.17. The summed E-state index contributed by atoms with van der Waals surface area (Å²) in [5.74, 6) is -3.14. The number of aromatic nitrogens is 2. The van der Waals surface area contributed by atoms with Gasteiger partial charge in [-0.25, -0.2) is 18.7 Å². The summed E-state index contributed by atoms with van der Waals surface area (Å²) in [6, 6.07) is 4.44. The van der Waals surface area contributed by atoms with Crippen molar-refractivity contribution in [3.63, 3.8) is 0 Å². The molecule has 1 aromatic carbocycles. The number of halogens is 3. The molecule has 0 saturated carbocycles. The average Bonchev–Trinajstić information content (AvgIpc) is 2.55. The summed E-state index contributed by atoms with van der Waals surface area (Å²) in [5, 5.41) is 0. The Hall–Kier alpha value is -2.43. The van der Waals surface area contributed by atoms with Crippen LogP contribution in [0, 0.1) is 5.82 Å². The second-order valence-electron chi connectivity index (χ2n) is 4.67. The first-order chi connectivity index (χ1) is 10.6. The van der Waals surface area contributed by atoms with Crippen molar-refractivity contribution >= 4 is 17.7 Å². The standard InChI is InChI=1S/C17H15F3N2/c1-2-3-4-5-12-10-21-17(22-11-12)16(20)15(19)13-6-8-14(18)9-7-13/h4-11H,2-3H2,1H3/b5-4+,16-15-. The number of benzene rings is 1. The molecule has 0 aliphatic rings. The van der Waals surface area contributed by atoms with Crippen LogP contribution in [0.5, 0.6) is 0 Å². The van der Waals surface area contributed by atoms with E-state index in [2.05, 4.69) is 16.9 Å². The molecule has 2 rings (SSSR count). The molecule has 22 heavy (non-hydrogen) atoms. The van der Waals surface area contributed by atoms with Crippen LogP contribution in [0.25, 0.3) is 17.7 Å². The van der Waals surface area contributed by atoms with Crippen LogP contribution in [0.4, 0.5) is 13.2 Å². The molecule has 0 saturated heterocycles. The van der Waals surface area contributed by atoms with E-state index in [4.69, 9.17) is 0 Å². The summed E-state index contributed by atoms with van der Waals surface area (Å²) in [5.41, 5.74) is 0.654. The zero-order valence-corrected chi connectivity index (χ0v) is 12.1. The molecule has 2 nitrogen and oxygen atoms in total. The molecule has 0 radical (unpaired) electrons. The molecule has 0 N–H and O–H groups in total. The first kappa shape index (κ1) is 15.9. The third-order valence-electron chi connectivity index (χ3n) is 2.92. The zero-order chi connectivity index (χ0) is 15.9. The minimum absolute atomic E-state index is 0.0607. The first-order valence-electron chi connectivity index (χ1n) is 6.92. The van der Waals surface area contributed by atoms with E-state index in [1.165, 1.54) is 12.4 Å². The molecule has 2 aromatic rings. The highest BCUT2D eigenvalue weighted by Gasteiger charge is 2.13. The molecule has 0 unspecified atom stereocenters. The van der Waals surface area contributed by atoms with Crippen molar-refractivity contribution in [1.29, 1.82) is 0 Å². The maximum Gasteiger partial charge on any atom is 0.203 e. The molecule has 1 aromatic heterocycles. The molecular weight excluding hydrogens is 289 g/mol. The van der Waals surface area contributed by atoms with Gasteiger partial charge in [0.05, 0.1) is 0 Å². The van der Waals surface area contributed by atoms with Gasteiger partial charge < -0.3 is 0 Å². The fourth-order valence-electron chi connectivity index (χ4n) is 1.74. The normalized spacial score (nSPS) is 12.5. The Morgan fingerprint density at radius 3 is 2.27 bits per heavy atom. The lowest BCUT2D eigenvalue weighted by molar-refractivity contribution is 0.627. The van der Waals surface area contributed by atoms with E-state index in [0.29, 0.717) is 5.56 Å². The monoisotopic (exact) mass is 304 g/mol. The van der Waals surface area contributed by atoms with Crippen molar-refractivity contribution in [3.05, 3.63) is 65.5 Å². The van der Waals surface area contributed by atoms with Gasteiger partial charge in [-0.2, -0.15) is 4.39 Å². The Kier molecular flexibility index (Phi) is 5.47. The Bertz CT molecular complexity index is 674. The molecule has 0 atom stereocenters. The van der Waals surface area contributed by atoms with Gasteiger partial charge in [0.1, 0.15) is 5.82 Å². The summed E-state index contributed by atoms with van der Waals surface area (Å²) in [7, 11) is 0. The molecule has 1 heterocycles. The van der Waals surface area contributed by atoms with Crippen molar-refractivity contribution in [2.75, 3.05) is 0 Å². The second kappa shape index (κ2) is 7.54. The summed E-state index contributed by atoms with van der Waals surface area (Å²) in [6.45, 7) is 2.06. The quantitative estimate of drug-likeness (QED) is 0.759. The van der Waals surface area contributed by atoms with E-state index in [-0.39, 0.29) is 11.4 Å². The Morgan fingerprint density at radius 2 is 1.68 bits per heavy atom. The number of rotatable bonds is 5. The van der Waals surface area contributed by atoms with Crippen LogP contribution in [-0.2, 0) is 0 Å². The van der Waals surface area contributed by atoms with E-state index in [9.17, 15) is 13.2 Å². The smallest absolute Gasteiger partial charge is 0.203 e. The lowest BCUT2D eigenvalue weighted by Gasteiger charge is -2.01. The van der Waals surface area contributed by atoms with Crippen molar-refractivity contribution in [3.8, 4) is 0 Å². The highest BCUT2D eigenvalue weighted by Crippen LogP contribution is 2.26. The SMILES string of the molecule is CCC/C=C/c1cnc(/C(F)=C(/F)c2ccc(F)cc2)nc1. The van der Waals surface area contributed by atoms with Gasteiger partial charge in [-0.15, -0.1) is 0 Å². The number of hydrogen-bond acceptors (Lipinski definition) is 2. The third-order valence-corrected chi connectivity index (χ3v) is 2.92. The third kappa shape index (κ3) is 4.04. The predicted molar refractivity (Wildman–Crippen MR) is 81.4 cm³/mol. The fourth-order valence-corrected chi connectivity index (χ4v) is 1.74. The van der Waals surface area contributed by atoms with Crippen LogP contribution in [-0.4, -0.2) is 9.97 Å². The molecule has 0 amide bonds. The van der Waals surface area contributed by atoms with Gasteiger partial charge >= 0.3 is 0 Å². The van der Waals surface area contributed by atoms with Gasteiger partial charge in [0.25, 0.3) is 0 Å². The van der Waals surface area contributed by atoms with Crippen molar-refractivity contribution < 1.29 is 13.2 Å². The number of allylic oxidation sites excluding steroid dienone is 1. The van der Waals surface area contributed by atoms with Crippen LogP contribution < -0.4 is 0 Å². The van der Waals surface area contributed by atoms with E-state index in [1.54, 1.807) is 0 Å². The topological polar surface area (TPSA) is 25.8 Å². The van der Waals surface area contributed by atoms with Gasteiger partial charge in [0.15, 0.2) is 11.7 Å². The lowest BCUT2D eigenvalue weighted by Crippen LogP contribution is -1.93. The minimum Gasteiger partial charge on any atom is -0.234 e. The highest BCUT2D eigenvalue weighted by atomic mass is 19.2. The van der Waals surface area contributed by atoms with Crippen molar-refractivity contribution in [2.24, 2.45) is 0 Å². The van der Waals surface area contributed by atoms with Crippen LogP contribution in [0.2, 0.25) is 0 Å². The Morgan fingerprint density at radius 1 is 1.05 bits per heavy atom. The van der Waals surface area contributed by atoms with E-state index in [0.717, 1.165) is 37.1 Å². The number of unbranched alkanes of at least 4 members (excludes halogenated alkanes) is 1. The molecule has 0 aliphatic carbocycles. The predicted octanol–water partition coefficient (Wildman–Crippen LogP) is 5.19. The summed E-state index contributed by atoms with van der Waals surface area (Å²) >= 11 is 0.